The SMILES string of the molecule is CC1(C)CC(Nc2nnccc2C(N)=S)CCO1. The lowest BCUT2D eigenvalue weighted by Crippen LogP contribution is -2.40. The van der Waals surface area contributed by atoms with E-state index in [-0.39, 0.29) is 5.60 Å². The van der Waals surface area contributed by atoms with Crippen LogP contribution in [0.15, 0.2) is 12.3 Å². The van der Waals surface area contributed by atoms with Gasteiger partial charge in [0, 0.05) is 12.6 Å². The molecule has 3 N–H and O–H groups in total. The number of nitrogens with one attached hydrogen (secondary N) is 1. The number of anilines is 1. The van der Waals surface area contributed by atoms with Crippen LogP contribution in [0.25, 0.3) is 0 Å². The number of ether oxygens (including phenoxy) is 1. The minimum absolute atomic E-state index is 0.110. The van der Waals surface area contributed by atoms with Crippen molar-refractivity contribution in [3.63, 3.8) is 0 Å². The first-order valence-corrected chi connectivity index (χ1v) is 6.41. The first-order chi connectivity index (χ1) is 8.48. The first kappa shape index (κ1) is 13.2. The van der Waals surface area contributed by atoms with Gasteiger partial charge in [-0.25, -0.2) is 0 Å². The molecule has 1 atom stereocenters. The zero-order valence-corrected chi connectivity index (χ0v) is 11.5. The van der Waals surface area contributed by atoms with Gasteiger partial charge < -0.3 is 15.8 Å². The van der Waals surface area contributed by atoms with E-state index in [1.54, 1.807) is 12.3 Å². The largest absolute Gasteiger partial charge is 0.389 e. The molecule has 1 aromatic heterocycles. The number of hydrogen-bond donors (Lipinski definition) is 2. The molecule has 98 valence electrons. The minimum atomic E-state index is -0.110. The summed E-state index contributed by atoms with van der Waals surface area (Å²) in [5.74, 6) is 0.660. The van der Waals surface area contributed by atoms with Gasteiger partial charge >= 0.3 is 0 Å². The van der Waals surface area contributed by atoms with Crippen LogP contribution < -0.4 is 11.1 Å². The maximum absolute atomic E-state index is 5.68. The Morgan fingerprint density at radius 2 is 2.39 bits per heavy atom. The number of nitrogens with two attached hydrogens (primary N) is 1. The molecular weight excluding hydrogens is 248 g/mol. The van der Waals surface area contributed by atoms with Gasteiger partial charge in [0.05, 0.1) is 17.4 Å². The Bertz CT molecular complexity index is 449. The molecule has 0 aromatic carbocycles. The molecule has 0 bridgehead atoms. The van der Waals surface area contributed by atoms with Crippen molar-refractivity contribution < 1.29 is 4.74 Å². The highest BCUT2D eigenvalue weighted by molar-refractivity contribution is 7.80. The summed E-state index contributed by atoms with van der Waals surface area (Å²) in [5, 5.41) is 11.3. The monoisotopic (exact) mass is 266 g/mol. The first-order valence-electron chi connectivity index (χ1n) is 6.00. The predicted molar refractivity (Wildman–Crippen MR) is 74.6 cm³/mol. The highest BCUT2D eigenvalue weighted by Crippen LogP contribution is 2.26. The summed E-state index contributed by atoms with van der Waals surface area (Å²) in [6.07, 6.45) is 3.45. The van der Waals surface area contributed by atoms with Gasteiger partial charge in [-0.2, -0.15) is 5.10 Å². The fourth-order valence-electron chi connectivity index (χ4n) is 2.19. The van der Waals surface area contributed by atoms with E-state index in [9.17, 15) is 0 Å². The summed E-state index contributed by atoms with van der Waals surface area (Å²) in [6.45, 7) is 4.92. The van der Waals surface area contributed by atoms with Crippen molar-refractivity contribution in [2.24, 2.45) is 5.73 Å². The smallest absolute Gasteiger partial charge is 0.159 e. The predicted octanol–water partition coefficient (Wildman–Crippen LogP) is 1.48. The number of nitrogens with zero attached hydrogens (tertiary/aromatic N) is 2. The van der Waals surface area contributed by atoms with Gasteiger partial charge in [-0.15, -0.1) is 5.10 Å². The maximum Gasteiger partial charge on any atom is 0.159 e. The third-order valence-corrected chi connectivity index (χ3v) is 3.24. The van der Waals surface area contributed by atoms with Crippen LogP contribution in [0.3, 0.4) is 0 Å². The Labute approximate surface area is 112 Å². The lowest BCUT2D eigenvalue weighted by atomic mass is 9.94. The fraction of sp³-hybridized carbons (Fsp3) is 0.583. The maximum atomic E-state index is 5.68. The van der Waals surface area contributed by atoms with Gasteiger partial charge in [-0.3, -0.25) is 0 Å². The van der Waals surface area contributed by atoms with E-state index >= 15 is 0 Å². The van der Waals surface area contributed by atoms with Crippen molar-refractivity contribution in [1.82, 2.24) is 10.2 Å². The number of thiocarbonyl (C=S) groups is 1. The third-order valence-electron chi connectivity index (χ3n) is 3.02. The number of aromatic nitrogens is 2. The minimum Gasteiger partial charge on any atom is -0.389 e. The van der Waals surface area contributed by atoms with E-state index in [0.717, 1.165) is 25.0 Å². The molecule has 5 nitrogen and oxygen atoms in total. The van der Waals surface area contributed by atoms with Crippen LogP contribution in [-0.2, 0) is 4.74 Å². The summed E-state index contributed by atoms with van der Waals surface area (Å²) in [5.41, 5.74) is 6.30. The average Bonchev–Trinajstić information content (AvgIpc) is 2.28. The molecule has 1 unspecified atom stereocenters. The molecular formula is C12H18N4OS. The van der Waals surface area contributed by atoms with Crippen LogP contribution in [-0.4, -0.2) is 33.4 Å². The highest BCUT2D eigenvalue weighted by Gasteiger charge is 2.29. The second-order valence-electron chi connectivity index (χ2n) is 5.10. The van der Waals surface area contributed by atoms with Gasteiger partial charge in [0.25, 0.3) is 0 Å². The van der Waals surface area contributed by atoms with Gasteiger partial charge in [-0.1, -0.05) is 12.2 Å². The molecule has 1 fully saturated rings. The average molecular weight is 266 g/mol. The molecule has 1 aliphatic heterocycles. The molecule has 6 heteroatoms. The van der Waals surface area contributed by atoms with Crippen molar-refractivity contribution in [2.45, 2.75) is 38.3 Å². The molecule has 18 heavy (non-hydrogen) atoms. The van der Waals surface area contributed by atoms with Crippen LogP contribution in [0.1, 0.15) is 32.3 Å². The molecule has 0 radical (unpaired) electrons. The van der Waals surface area contributed by atoms with Crippen molar-refractivity contribution in [3.8, 4) is 0 Å². The van der Waals surface area contributed by atoms with Gasteiger partial charge in [0.2, 0.25) is 0 Å². The van der Waals surface area contributed by atoms with Crippen LogP contribution in [0.5, 0.6) is 0 Å². The van der Waals surface area contributed by atoms with Crippen LogP contribution in [0.2, 0.25) is 0 Å². The Morgan fingerprint density at radius 1 is 1.61 bits per heavy atom. The van der Waals surface area contributed by atoms with Crippen molar-refractivity contribution in [1.29, 1.82) is 0 Å². The molecule has 0 saturated carbocycles. The molecule has 1 saturated heterocycles. The summed E-state index contributed by atoms with van der Waals surface area (Å²) in [6, 6.07) is 2.08. The normalized spacial score (nSPS) is 22.4. The molecule has 0 amide bonds. The number of rotatable bonds is 3. The molecule has 1 aromatic rings. The molecule has 2 rings (SSSR count). The second kappa shape index (κ2) is 5.16. The van der Waals surface area contributed by atoms with Gasteiger partial charge in [-0.05, 0) is 32.8 Å². The van der Waals surface area contributed by atoms with E-state index in [0.29, 0.717) is 16.8 Å². The van der Waals surface area contributed by atoms with E-state index in [4.69, 9.17) is 22.7 Å². The number of hydrogen-bond acceptors (Lipinski definition) is 5. The lowest BCUT2D eigenvalue weighted by Gasteiger charge is -2.36. The molecule has 0 aliphatic carbocycles. The Hall–Kier alpha value is -1.27. The summed E-state index contributed by atoms with van der Waals surface area (Å²) < 4.78 is 5.68. The van der Waals surface area contributed by atoms with Crippen LogP contribution >= 0.6 is 12.2 Å². The molecule has 0 spiro atoms. The van der Waals surface area contributed by atoms with Crippen LogP contribution in [0, 0.1) is 0 Å². The van der Waals surface area contributed by atoms with E-state index in [2.05, 4.69) is 29.4 Å². The second-order valence-corrected chi connectivity index (χ2v) is 5.54. The van der Waals surface area contributed by atoms with Gasteiger partial charge in [0.1, 0.15) is 4.99 Å². The quantitative estimate of drug-likeness (QED) is 0.807. The highest BCUT2D eigenvalue weighted by atomic mass is 32.1. The topological polar surface area (TPSA) is 73.1 Å². The van der Waals surface area contributed by atoms with Gasteiger partial charge in [0.15, 0.2) is 5.82 Å². The Kier molecular flexibility index (Phi) is 3.77. The van der Waals surface area contributed by atoms with E-state index in [1.807, 2.05) is 0 Å². The fourth-order valence-corrected chi connectivity index (χ4v) is 2.35. The summed E-state index contributed by atoms with van der Waals surface area (Å²) in [7, 11) is 0. The van der Waals surface area contributed by atoms with E-state index < -0.39 is 0 Å². The summed E-state index contributed by atoms with van der Waals surface area (Å²) >= 11 is 5.01. The molecule has 2 heterocycles. The van der Waals surface area contributed by atoms with Crippen molar-refractivity contribution in [3.05, 3.63) is 17.8 Å². The zero-order valence-electron chi connectivity index (χ0n) is 10.6. The Morgan fingerprint density at radius 3 is 3.06 bits per heavy atom. The van der Waals surface area contributed by atoms with Crippen molar-refractivity contribution >= 4 is 23.0 Å². The zero-order chi connectivity index (χ0) is 13.2. The summed E-state index contributed by atoms with van der Waals surface area (Å²) in [4.78, 5) is 0.332. The lowest BCUT2D eigenvalue weighted by molar-refractivity contribution is -0.0553. The molecule has 1 aliphatic rings. The van der Waals surface area contributed by atoms with Crippen molar-refractivity contribution in [2.75, 3.05) is 11.9 Å². The van der Waals surface area contributed by atoms with Crippen LogP contribution in [0.4, 0.5) is 5.82 Å². The van der Waals surface area contributed by atoms with E-state index in [1.165, 1.54) is 0 Å². The Balaban J connectivity index is 2.12. The third kappa shape index (κ3) is 3.14. The standard InChI is InChI=1S/C12H18N4OS/c1-12(2)7-8(4-6-17-12)15-11-9(10(13)18)3-5-14-16-11/h3,5,8H,4,6-7H2,1-2H3,(H2,13,18)(H,15,16).